The van der Waals surface area contributed by atoms with Crippen LogP contribution in [0, 0.1) is 0 Å². The van der Waals surface area contributed by atoms with Crippen LogP contribution in [0.1, 0.15) is 83.1 Å². The predicted molar refractivity (Wildman–Crippen MR) is 96.9 cm³/mol. The Morgan fingerprint density at radius 3 is 2.22 bits per heavy atom. The van der Waals surface area contributed by atoms with Gasteiger partial charge in [0.05, 0.1) is 12.2 Å². The molecule has 1 aliphatic heterocycles. The minimum absolute atomic E-state index is 0.385. The SMILES string of the molecule is CCCCCCC1OC1CCCCCCCc1cccc(O)c1. The average Bonchev–Trinajstić information content (AvgIpc) is 3.29. The number of aromatic hydroxyl groups is 1. The van der Waals surface area contributed by atoms with Crippen LogP contribution >= 0.6 is 0 Å². The molecular formula is C21H34O2. The second-order valence-electron chi connectivity index (χ2n) is 7.04. The van der Waals surface area contributed by atoms with Crippen molar-refractivity contribution in [2.24, 2.45) is 0 Å². The smallest absolute Gasteiger partial charge is 0.115 e. The molecule has 1 saturated heterocycles. The minimum Gasteiger partial charge on any atom is -0.508 e. The zero-order chi connectivity index (χ0) is 16.3. The molecule has 0 amide bonds. The Labute approximate surface area is 142 Å². The summed E-state index contributed by atoms with van der Waals surface area (Å²) in [4.78, 5) is 0. The van der Waals surface area contributed by atoms with E-state index < -0.39 is 0 Å². The van der Waals surface area contributed by atoms with Crippen molar-refractivity contribution < 1.29 is 9.84 Å². The summed E-state index contributed by atoms with van der Waals surface area (Å²) in [7, 11) is 0. The number of phenolic OH excluding ortho intramolecular Hbond substituents is 1. The Morgan fingerprint density at radius 1 is 0.870 bits per heavy atom. The first kappa shape index (κ1) is 18.3. The molecule has 1 aromatic rings. The lowest BCUT2D eigenvalue weighted by Crippen LogP contribution is -1.94. The van der Waals surface area contributed by atoms with Crippen LogP contribution in [0.2, 0.25) is 0 Å². The Morgan fingerprint density at radius 2 is 1.52 bits per heavy atom. The number of hydrogen-bond acceptors (Lipinski definition) is 2. The zero-order valence-corrected chi connectivity index (χ0v) is 14.8. The van der Waals surface area contributed by atoms with Crippen LogP contribution in [0.15, 0.2) is 24.3 Å². The summed E-state index contributed by atoms with van der Waals surface area (Å²) >= 11 is 0. The fourth-order valence-corrected chi connectivity index (χ4v) is 3.38. The van der Waals surface area contributed by atoms with Crippen molar-refractivity contribution in [3.8, 4) is 5.75 Å². The molecule has 2 rings (SSSR count). The van der Waals surface area contributed by atoms with E-state index in [4.69, 9.17) is 4.74 Å². The van der Waals surface area contributed by atoms with Gasteiger partial charge in [0.15, 0.2) is 0 Å². The molecule has 23 heavy (non-hydrogen) atoms. The van der Waals surface area contributed by atoms with Crippen LogP contribution in [-0.2, 0) is 11.2 Å². The highest BCUT2D eigenvalue weighted by Crippen LogP contribution is 2.31. The van der Waals surface area contributed by atoms with Crippen LogP contribution in [-0.4, -0.2) is 17.3 Å². The van der Waals surface area contributed by atoms with Crippen molar-refractivity contribution in [2.45, 2.75) is 96.2 Å². The molecule has 0 spiro atoms. The number of rotatable bonds is 13. The van der Waals surface area contributed by atoms with E-state index in [-0.39, 0.29) is 0 Å². The maximum absolute atomic E-state index is 9.43. The average molecular weight is 319 g/mol. The third-order valence-corrected chi connectivity index (χ3v) is 4.89. The minimum atomic E-state index is 0.385. The highest BCUT2D eigenvalue weighted by molar-refractivity contribution is 5.27. The second-order valence-corrected chi connectivity index (χ2v) is 7.04. The van der Waals surface area contributed by atoms with Crippen molar-refractivity contribution in [3.05, 3.63) is 29.8 Å². The van der Waals surface area contributed by atoms with Gasteiger partial charge in [-0.25, -0.2) is 0 Å². The lowest BCUT2D eigenvalue weighted by atomic mass is 10.0. The first-order valence-electron chi connectivity index (χ1n) is 9.73. The van der Waals surface area contributed by atoms with Gasteiger partial charge in [-0.15, -0.1) is 0 Å². The molecule has 0 aromatic heterocycles. The standard InChI is InChI=1S/C21H34O2/c1-2-3-4-9-15-20-21(23-20)16-10-7-5-6-8-12-18-13-11-14-19(22)17-18/h11,13-14,17,20-22H,2-10,12,15-16H2,1H3. The third kappa shape index (κ3) is 7.87. The quantitative estimate of drug-likeness (QED) is 0.356. The third-order valence-electron chi connectivity index (χ3n) is 4.89. The number of phenols is 1. The number of ether oxygens (including phenoxy) is 1. The van der Waals surface area contributed by atoms with E-state index in [1.165, 1.54) is 76.2 Å². The van der Waals surface area contributed by atoms with Gasteiger partial charge in [-0.05, 0) is 43.4 Å². The van der Waals surface area contributed by atoms with Gasteiger partial charge >= 0.3 is 0 Å². The van der Waals surface area contributed by atoms with E-state index in [0.717, 1.165) is 6.42 Å². The van der Waals surface area contributed by atoms with Crippen LogP contribution in [0.4, 0.5) is 0 Å². The Bertz CT molecular complexity index is 430. The van der Waals surface area contributed by atoms with Crippen molar-refractivity contribution in [1.29, 1.82) is 0 Å². The van der Waals surface area contributed by atoms with Crippen molar-refractivity contribution in [3.63, 3.8) is 0 Å². The van der Waals surface area contributed by atoms with Gasteiger partial charge in [0.1, 0.15) is 5.75 Å². The second kappa shape index (κ2) is 10.7. The summed E-state index contributed by atoms with van der Waals surface area (Å²) in [6.07, 6.45) is 16.7. The molecule has 130 valence electrons. The maximum atomic E-state index is 9.43. The summed E-state index contributed by atoms with van der Waals surface area (Å²) in [5, 5.41) is 9.43. The number of benzene rings is 1. The number of hydrogen-bond donors (Lipinski definition) is 1. The Hall–Kier alpha value is -1.02. The molecule has 1 aromatic carbocycles. The lowest BCUT2D eigenvalue weighted by Gasteiger charge is -2.03. The van der Waals surface area contributed by atoms with Gasteiger partial charge in [-0.1, -0.05) is 70.4 Å². The monoisotopic (exact) mass is 318 g/mol. The molecule has 0 radical (unpaired) electrons. The molecule has 1 aliphatic rings. The van der Waals surface area contributed by atoms with Crippen molar-refractivity contribution in [2.75, 3.05) is 0 Å². The fraction of sp³-hybridized carbons (Fsp3) is 0.714. The molecular weight excluding hydrogens is 284 g/mol. The first-order chi connectivity index (χ1) is 11.3. The molecule has 2 heteroatoms. The van der Waals surface area contributed by atoms with E-state index in [1.807, 2.05) is 12.1 Å². The molecule has 1 fully saturated rings. The van der Waals surface area contributed by atoms with Gasteiger partial charge in [0, 0.05) is 0 Å². The Kier molecular flexibility index (Phi) is 8.52. The van der Waals surface area contributed by atoms with E-state index in [2.05, 4.69) is 13.0 Å². The summed E-state index contributed by atoms with van der Waals surface area (Å²) in [5.41, 5.74) is 1.25. The van der Waals surface area contributed by atoms with Crippen molar-refractivity contribution >= 4 is 0 Å². The summed E-state index contributed by atoms with van der Waals surface area (Å²) in [5.74, 6) is 0.385. The Balaban J connectivity index is 1.38. The van der Waals surface area contributed by atoms with Crippen LogP contribution < -0.4 is 0 Å². The van der Waals surface area contributed by atoms with Gasteiger partial charge in [0.25, 0.3) is 0 Å². The van der Waals surface area contributed by atoms with E-state index in [9.17, 15) is 5.11 Å². The lowest BCUT2D eigenvalue weighted by molar-refractivity contribution is 0.348. The summed E-state index contributed by atoms with van der Waals surface area (Å²) < 4.78 is 5.77. The van der Waals surface area contributed by atoms with Gasteiger partial charge in [-0.3, -0.25) is 0 Å². The van der Waals surface area contributed by atoms with Crippen molar-refractivity contribution in [1.82, 2.24) is 0 Å². The van der Waals surface area contributed by atoms with E-state index in [0.29, 0.717) is 18.0 Å². The first-order valence-corrected chi connectivity index (χ1v) is 9.73. The summed E-state index contributed by atoms with van der Waals surface area (Å²) in [6, 6.07) is 7.65. The molecule has 0 aliphatic carbocycles. The maximum Gasteiger partial charge on any atom is 0.115 e. The molecule has 0 bridgehead atoms. The summed E-state index contributed by atoms with van der Waals surface area (Å²) in [6.45, 7) is 2.26. The van der Waals surface area contributed by atoms with Gasteiger partial charge in [-0.2, -0.15) is 0 Å². The largest absolute Gasteiger partial charge is 0.508 e. The highest BCUT2D eigenvalue weighted by atomic mass is 16.6. The van der Waals surface area contributed by atoms with E-state index >= 15 is 0 Å². The molecule has 1 N–H and O–H groups in total. The molecule has 2 atom stereocenters. The van der Waals surface area contributed by atoms with E-state index in [1.54, 1.807) is 6.07 Å². The molecule has 2 unspecified atom stereocenters. The molecule has 1 heterocycles. The van der Waals surface area contributed by atoms with Gasteiger partial charge in [0.2, 0.25) is 0 Å². The fourth-order valence-electron chi connectivity index (χ4n) is 3.38. The van der Waals surface area contributed by atoms with Crippen LogP contribution in [0.25, 0.3) is 0 Å². The zero-order valence-electron chi connectivity index (χ0n) is 14.8. The topological polar surface area (TPSA) is 32.8 Å². The number of epoxide rings is 1. The molecule has 2 nitrogen and oxygen atoms in total. The highest BCUT2D eigenvalue weighted by Gasteiger charge is 2.36. The van der Waals surface area contributed by atoms with Crippen LogP contribution in [0.5, 0.6) is 5.75 Å². The molecule has 0 saturated carbocycles. The van der Waals surface area contributed by atoms with Gasteiger partial charge < -0.3 is 9.84 Å². The normalized spacial score (nSPS) is 19.9. The number of unbranched alkanes of at least 4 members (excludes halogenated alkanes) is 7. The van der Waals surface area contributed by atoms with Crippen LogP contribution in [0.3, 0.4) is 0 Å². The predicted octanol–water partition coefficient (Wildman–Crippen LogP) is 6.01. The number of aryl methyl sites for hydroxylation is 1.